The van der Waals surface area contributed by atoms with Gasteiger partial charge in [0.05, 0.1) is 5.01 Å². The molecule has 6 heteroatoms. The van der Waals surface area contributed by atoms with Crippen LogP contribution in [0.15, 0.2) is 34.1 Å². The zero-order valence-corrected chi connectivity index (χ0v) is 15.6. The molecule has 23 heavy (non-hydrogen) atoms. The third-order valence-electron chi connectivity index (χ3n) is 3.68. The van der Waals surface area contributed by atoms with Crippen LogP contribution in [-0.4, -0.2) is 24.0 Å². The number of hydrogen-bond donors (Lipinski definition) is 2. The summed E-state index contributed by atoms with van der Waals surface area (Å²) < 4.78 is 1.09. The summed E-state index contributed by atoms with van der Waals surface area (Å²) in [5, 5.41) is 5.72. The number of carbonyl (C=O) groups is 1. The van der Waals surface area contributed by atoms with Crippen molar-refractivity contribution in [2.45, 2.75) is 26.2 Å². The minimum absolute atomic E-state index is 0.0998. The number of thiazole rings is 1. The second-order valence-electron chi connectivity index (χ2n) is 5.48. The highest BCUT2D eigenvalue weighted by atomic mass is 79.9. The van der Waals surface area contributed by atoms with Gasteiger partial charge in [-0.15, -0.1) is 11.3 Å². The second-order valence-corrected chi connectivity index (χ2v) is 7.34. The molecule has 1 atom stereocenters. The van der Waals surface area contributed by atoms with Crippen LogP contribution in [0.3, 0.4) is 0 Å². The minimum atomic E-state index is -0.0998. The third kappa shape index (κ3) is 5.71. The van der Waals surface area contributed by atoms with E-state index in [9.17, 15) is 4.79 Å². The van der Waals surface area contributed by atoms with Gasteiger partial charge in [-0.25, -0.2) is 4.98 Å². The van der Waals surface area contributed by atoms with Crippen molar-refractivity contribution >= 4 is 33.2 Å². The second kappa shape index (κ2) is 9.15. The molecule has 2 aromatic rings. The number of benzene rings is 1. The lowest BCUT2D eigenvalue weighted by Crippen LogP contribution is -2.30. The average molecular weight is 396 g/mol. The number of nitrogens with zero attached hydrogens (tertiary/aromatic N) is 1. The van der Waals surface area contributed by atoms with Crippen molar-refractivity contribution < 1.29 is 4.79 Å². The molecule has 0 aliphatic heterocycles. The molecule has 4 nitrogen and oxygen atoms in total. The molecule has 0 spiro atoms. The predicted octanol–water partition coefficient (Wildman–Crippen LogP) is 3.41. The summed E-state index contributed by atoms with van der Waals surface area (Å²) in [7, 11) is 0. The first-order valence-electron chi connectivity index (χ1n) is 7.79. The Morgan fingerprint density at radius 1 is 1.48 bits per heavy atom. The molecule has 0 aliphatic rings. The van der Waals surface area contributed by atoms with Crippen molar-refractivity contribution in [2.75, 3.05) is 13.1 Å². The molecule has 0 aliphatic carbocycles. The Bertz CT molecular complexity index is 644. The largest absolute Gasteiger partial charge is 0.350 e. The number of hydrogen-bond acceptors (Lipinski definition) is 4. The number of rotatable bonds is 8. The highest BCUT2D eigenvalue weighted by Crippen LogP contribution is 2.17. The van der Waals surface area contributed by atoms with Crippen molar-refractivity contribution in [2.24, 2.45) is 11.7 Å². The molecule has 124 valence electrons. The summed E-state index contributed by atoms with van der Waals surface area (Å²) in [4.78, 5) is 16.5. The standard InChI is InChI=1S/C17H22BrN3OS/c1-2-12(8-13-4-3-5-14(18)9-13)10-20-17(22)15-11-23-16(21-15)6-7-19/h3-5,9,11-12H,2,6-8,10,19H2,1H3,(H,20,22). The van der Waals surface area contributed by atoms with Crippen LogP contribution in [0.5, 0.6) is 0 Å². The van der Waals surface area contributed by atoms with Gasteiger partial charge in [0.25, 0.3) is 5.91 Å². The molecule has 0 saturated carbocycles. The van der Waals surface area contributed by atoms with Crippen molar-refractivity contribution in [1.82, 2.24) is 10.3 Å². The Kier molecular flexibility index (Phi) is 7.20. The number of nitrogens with one attached hydrogen (secondary N) is 1. The molecule has 1 aromatic carbocycles. The zero-order chi connectivity index (χ0) is 16.7. The van der Waals surface area contributed by atoms with E-state index in [-0.39, 0.29) is 5.91 Å². The van der Waals surface area contributed by atoms with Crippen molar-refractivity contribution in [1.29, 1.82) is 0 Å². The maximum atomic E-state index is 12.2. The van der Waals surface area contributed by atoms with Crippen LogP contribution < -0.4 is 11.1 Å². The number of halogens is 1. The van der Waals surface area contributed by atoms with Gasteiger partial charge in [-0.3, -0.25) is 4.79 Å². The first-order valence-corrected chi connectivity index (χ1v) is 9.46. The zero-order valence-electron chi connectivity index (χ0n) is 13.2. The summed E-state index contributed by atoms with van der Waals surface area (Å²) in [6, 6.07) is 8.31. The van der Waals surface area contributed by atoms with E-state index >= 15 is 0 Å². The fourth-order valence-electron chi connectivity index (χ4n) is 2.34. The molecule has 0 fully saturated rings. The smallest absolute Gasteiger partial charge is 0.270 e. The number of nitrogens with two attached hydrogens (primary N) is 1. The van der Waals surface area contributed by atoms with Crippen LogP contribution in [0.4, 0.5) is 0 Å². The monoisotopic (exact) mass is 395 g/mol. The van der Waals surface area contributed by atoms with Crippen LogP contribution in [0.25, 0.3) is 0 Å². The van der Waals surface area contributed by atoms with E-state index in [1.807, 2.05) is 12.1 Å². The highest BCUT2D eigenvalue weighted by Gasteiger charge is 2.13. The molecule has 0 bridgehead atoms. The van der Waals surface area contributed by atoms with Crippen LogP contribution >= 0.6 is 27.3 Å². The summed E-state index contributed by atoms with van der Waals surface area (Å²) in [6.07, 6.45) is 2.69. The third-order valence-corrected chi connectivity index (χ3v) is 5.09. The van der Waals surface area contributed by atoms with Crippen LogP contribution in [0.1, 0.15) is 34.4 Å². The predicted molar refractivity (Wildman–Crippen MR) is 98.8 cm³/mol. The van der Waals surface area contributed by atoms with Gasteiger partial charge in [0.1, 0.15) is 5.69 Å². The van der Waals surface area contributed by atoms with Crippen LogP contribution in [-0.2, 0) is 12.8 Å². The lowest BCUT2D eigenvalue weighted by atomic mass is 9.97. The maximum absolute atomic E-state index is 12.2. The van der Waals surface area contributed by atoms with Gasteiger partial charge < -0.3 is 11.1 Å². The fourth-order valence-corrected chi connectivity index (χ4v) is 3.58. The molecule has 1 aromatic heterocycles. The Morgan fingerprint density at radius 3 is 3.00 bits per heavy atom. The normalized spacial score (nSPS) is 12.1. The van der Waals surface area contributed by atoms with Gasteiger partial charge in [0.15, 0.2) is 0 Å². The number of amides is 1. The molecule has 2 rings (SSSR count). The molecular weight excluding hydrogens is 374 g/mol. The summed E-state index contributed by atoms with van der Waals surface area (Å²) in [6.45, 7) is 3.36. The van der Waals surface area contributed by atoms with Gasteiger partial charge in [0.2, 0.25) is 0 Å². The number of carbonyl (C=O) groups excluding carboxylic acids is 1. The van der Waals surface area contributed by atoms with Crippen molar-refractivity contribution in [3.8, 4) is 0 Å². The molecule has 0 saturated heterocycles. The Morgan fingerprint density at radius 2 is 2.30 bits per heavy atom. The quantitative estimate of drug-likeness (QED) is 0.719. The molecular formula is C17H22BrN3OS. The van der Waals surface area contributed by atoms with Gasteiger partial charge in [-0.05, 0) is 36.6 Å². The van der Waals surface area contributed by atoms with Gasteiger partial charge >= 0.3 is 0 Å². The Balaban J connectivity index is 1.87. The number of aromatic nitrogens is 1. The lowest BCUT2D eigenvalue weighted by Gasteiger charge is -2.15. The highest BCUT2D eigenvalue weighted by molar-refractivity contribution is 9.10. The first kappa shape index (κ1) is 18.1. The summed E-state index contributed by atoms with van der Waals surface area (Å²) in [5.41, 5.74) is 7.28. The molecule has 0 radical (unpaired) electrons. The fraction of sp³-hybridized carbons (Fsp3) is 0.412. The van der Waals surface area contributed by atoms with E-state index in [2.05, 4.69) is 45.3 Å². The van der Waals surface area contributed by atoms with E-state index in [1.165, 1.54) is 16.9 Å². The van der Waals surface area contributed by atoms with E-state index in [4.69, 9.17) is 5.73 Å². The van der Waals surface area contributed by atoms with Crippen molar-refractivity contribution in [3.63, 3.8) is 0 Å². The Hall–Kier alpha value is -1.24. The van der Waals surface area contributed by atoms with Crippen LogP contribution in [0, 0.1) is 5.92 Å². The Labute approximate surface area is 149 Å². The summed E-state index contributed by atoms with van der Waals surface area (Å²) in [5.74, 6) is 0.313. The van der Waals surface area contributed by atoms with E-state index in [0.717, 1.165) is 28.7 Å². The van der Waals surface area contributed by atoms with E-state index in [0.29, 0.717) is 24.7 Å². The van der Waals surface area contributed by atoms with Gasteiger partial charge in [-0.1, -0.05) is 41.4 Å². The summed E-state index contributed by atoms with van der Waals surface area (Å²) >= 11 is 4.99. The maximum Gasteiger partial charge on any atom is 0.270 e. The molecule has 1 heterocycles. The minimum Gasteiger partial charge on any atom is -0.350 e. The van der Waals surface area contributed by atoms with Gasteiger partial charge in [0, 0.05) is 22.8 Å². The average Bonchev–Trinajstić information content (AvgIpc) is 3.00. The molecule has 3 N–H and O–H groups in total. The van der Waals surface area contributed by atoms with Crippen molar-refractivity contribution in [3.05, 3.63) is 50.4 Å². The molecule has 1 unspecified atom stereocenters. The van der Waals surface area contributed by atoms with E-state index in [1.54, 1.807) is 5.38 Å². The van der Waals surface area contributed by atoms with E-state index < -0.39 is 0 Å². The topological polar surface area (TPSA) is 68.0 Å². The SMILES string of the molecule is CCC(CNC(=O)c1csc(CCN)n1)Cc1cccc(Br)c1. The lowest BCUT2D eigenvalue weighted by molar-refractivity contribution is 0.0942. The van der Waals surface area contributed by atoms with Crippen LogP contribution in [0.2, 0.25) is 0 Å². The molecule has 1 amide bonds. The van der Waals surface area contributed by atoms with Gasteiger partial charge in [-0.2, -0.15) is 0 Å². The first-order chi connectivity index (χ1) is 11.1.